The quantitative estimate of drug-likeness (QED) is 0.731. The van der Waals surface area contributed by atoms with Gasteiger partial charge in [0.15, 0.2) is 0 Å². The Morgan fingerprint density at radius 1 is 1.27 bits per heavy atom. The van der Waals surface area contributed by atoms with Crippen LogP contribution in [0.1, 0.15) is 26.7 Å². The lowest BCUT2D eigenvalue weighted by atomic mass is 9.87. The fourth-order valence-electron chi connectivity index (χ4n) is 2.26. The van der Waals surface area contributed by atoms with E-state index < -0.39 is 0 Å². The number of piperidine rings is 1. The van der Waals surface area contributed by atoms with Gasteiger partial charge >= 0.3 is 0 Å². The zero-order chi connectivity index (χ0) is 10.8. The van der Waals surface area contributed by atoms with Crippen LogP contribution in [-0.4, -0.2) is 33.3 Å². The summed E-state index contributed by atoms with van der Waals surface area (Å²) in [4.78, 5) is 2.28. The van der Waals surface area contributed by atoms with Gasteiger partial charge in [0.1, 0.15) is 0 Å². The number of anilines is 1. The highest BCUT2D eigenvalue weighted by Crippen LogP contribution is 2.26. The molecule has 0 bridgehead atoms. The van der Waals surface area contributed by atoms with E-state index in [1.165, 1.54) is 12.8 Å². The summed E-state index contributed by atoms with van der Waals surface area (Å²) in [7, 11) is 1.89. The van der Waals surface area contributed by atoms with E-state index in [0.717, 1.165) is 30.9 Å². The molecule has 0 amide bonds. The van der Waals surface area contributed by atoms with Gasteiger partial charge in [0.25, 0.3) is 0 Å². The summed E-state index contributed by atoms with van der Waals surface area (Å²) in [5.41, 5.74) is 0. The van der Waals surface area contributed by atoms with Gasteiger partial charge in [-0.15, -0.1) is 0 Å². The summed E-state index contributed by atoms with van der Waals surface area (Å²) in [5.74, 6) is 2.56. The number of aryl methyl sites for hydroxylation is 1. The molecule has 0 unspecified atom stereocenters. The maximum atomic E-state index is 4.04. The van der Waals surface area contributed by atoms with Crippen molar-refractivity contribution in [2.75, 3.05) is 18.0 Å². The zero-order valence-electron chi connectivity index (χ0n) is 9.72. The highest BCUT2D eigenvalue weighted by molar-refractivity contribution is 5.28. The highest BCUT2D eigenvalue weighted by Gasteiger charge is 2.23. The van der Waals surface area contributed by atoms with E-state index in [1.807, 2.05) is 7.05 Å². The number of hydrogen-bond donors (Lipinski definition) is 0. The Kier molecular flexibility index (Phi) is 2.88. The maximum absolute atomic E-state index is 4.04. The van der Waals surface area contributed by atoms with Crippen molar-refractivity contribution < 1.29 is 0 Å². The third kappa shape index (κ3) is 2.11. The first-order valence-electron chi connectivity index (χ1n) is 5.66. The Bertz CT molecular complexity index is 311. The molecule has 5 heteroatoms. The van der Waals surface area contributed by atoms with E-state index in [9.17, 15) is 0 Å². The highest BCUT2D eigenvalue weighted by atomic mass is 15.6. The molecule has 1 aliphatic rings. The van der Waals surface area contributed by atoms with Crippen LogP contribution in [0, 0.1) is 11.8 Å². The first kappa shape index (κ1) is 10.4. The SMILES string of the molecule is CC(C)C1CCN(c2nnnn2C)CC1. The second-order valence-electron chi connectivity index (χ2n) is 4.67. The summed E-state index contributed by atoms with van der Waals surface area (Å²) in [6.45, 7) is 6.78. The van der Waals surface area contributed by atoms with Crippen LogP contribution >= 0.6 is 0 Å². The fourth-order valence-corrected chi connectivity index (χ4v) is 2.26. The largest absolute Gasteiger partial charge is 0.340 e. The van der Waals surface area contributed by atoms with Gasteiger partial charge in [-0.1, -0.05) is 18.9 Å². The van der Waals surface area contributed by atoms with Gasteiger partial charge in [-0.05, 0) is 35.1 Å². The molecule has 0 aromatic carbocycles. The summed E-state index contributed by atoms with van der Waals surface area (Å²) < 4.78 is 1.75. The molecule has 84 valence electrons. The van der Waals surface area contributed by atoms with Gasteiger partial charge in [-0.3, -0.25) is 0 Å². The van der Waals surface area contributed by atoms with E-state index >= 15 is 0 Å². The summed E-state index contributed by atoms with van der Waals surface area (Å²) in [5, 5.41) is 11.6. The van der Waals surface area contributed by atoms with Crippen LogP contribution in [0.3, 0.4) is 0 Å². The summed E-state index contributed by atoms with van der Waals surface area (Å²) >= 11 is 0. The molecule has 15 heavy (non-hydrogen) atoms. The monoisotopic (exact) mass is 209 g/mol. The first-order chi connectivity index (χ1) is 7.18. The van der Waals surface area contributed by atoms with Crippen LogP contribution in [0.2, 0.25) is 0 Å². The number of aromatic nitrogens is 4. The van der Waals surface area contributed by atoms with Gasteiger partial charge in [-0.25, -0.2) is 4.68 Å². The lowest BCUT2D eigenvalue weighted by Gasteiger charge is -2.33. The predicted octanol–water partition coefficient (Wildman–Crippen LogP) is 1.08. The first-order valence-corrected chi connectivity index (χ1v) is 5.66. The normalized spacial score (nSPS) is 18.8. The molecular formula is C10H19N5. The zero-order valence-corrected chi connectivity index (χ0v) is 9.72. The van der Waals surface area contributed by atoms with E-state index in [1.54, 1.807) is 4.68 Å². The third-order valence-corrected chi connectivity index (χ3v) is 3.36. The average Bonchev–Trinajstić information content (AvgIpc) is 2.65. The number of hydrogen-bond acceptors (Lipinski definition) is 4. The molecule has 1 aromatic heterocycles. The van der Waals surface area contributed by atoms with E-state index in [4.69, 9.17) is 0 Å². The molecule has 0 atom stereocenters. The second kappa shape index (κ2) is 4.16. The minimum Gasteiger partial charge on any atom is -0.340 e. The van der Waals surface area contributed by atoms with Gasteiger partial charge in [-0.2, -0.15) is 0 Å². The molecule has 2 rings (SSSR count). The standard InChI is InChI=1S/C10H19N5/c1-8(2)9-4-6-15(7-5-9)10-11-12-13-14(10)3/h8-9H,4-7H2,1-3H3. The average molecular weight is 209 g/mol. The van der Waals surface area contributed by atoms with Gasteiger partial charge in [0.05, 0.1) is 0 Å². The maximum Gasteiger partial charge on any atom is 0.245 e. The Balaban J connectivity index is 1.97. The smallest absolute Gasteiger partial charge is 0.245 e. The molecule has 1 aromatic rings. The Morgan fingerprint density at radius 2 is 1.93 bits per heavy atom. The molecule has 0 aliphatic carbocycles. The van der Waals surface area contributed by atoms with E-state index in [-0.39, 0.29) is 0 Å². The Morgan fingerprint density at radius 3 is 2.40 bits per heavy atom. The lowest BCUT2D eigenvalue weighted by molar-refractivity contribution is 0.309. The number of rotatable bonds is 2. The van der Waals surface area contributed by atoms with Crippen molar-refractivity contribution in [3.05, 3.63) is 0 Å². The molecule has 1 saturated heterocycles. The summed E-state index contributed by atoms with van der Waals surface area (Å²) in [6.07, 6.45) is 2.51. The molecule has 2 heterocycles. The van der Waals surface area contributed by atoms with Gasteiger partial charge < -0.3 is 4.90 Å². The Hall–Kier alpha value is -1.13. The van der Waals surface area contributed by atoms with Crippen LogP contribution in [0.4, 0.5) is 5.95 Å². The van der Waals surface area contributed by atoms with Gasteiger partial charge in [0.2, 0.25) is 5.95 Å². The van der Waals surface area contributed by atoms with Crippen molar-refractivity contribution in [3.8, 4) is 0 Å². The topological polar surface area (TPSA) is 46.8 Å². The fraction of sp³-hybridized carbons (Fsp3) is 0.900. The minimum atomic E-state index is 0.796. The van der Waals surface area contributed by atoms with Crippen molar-refractivity contribution in [1.29, 1.82) is 0 Å². The Labute approximate surface area is 90.5 Å². The molecule has 0 spiro atoms. The second-order valence-corrected chi connectivity index (χ2v) is 4.67. The molecule has 1 aliphatic heterocycles. The van der Waals surface area contributed by atoms with Crippen molar-refractivity contribution >= 4 is 5.95 Å². The predicted molar refractivity (Wildman–Crippen MR) is 58.6 cm³/mol. The van der Waals surface area contributed by atoms with E-state index in [2.05, 4.69) is 34.3 Å². The van der Waals surface area contributed by atoms with Crippen LogP contribution in [0.15, 0.2) is 0 Å². The summed E-state index contributed by atoms with van der Waals surface area (Å²) in [6, 6.07) is 0. The van der Waals surface area contributed by atoms with Gasteiger partial charge in [0, 0.05) is 20.1 Å². The molecule has 5 nitrogen and oxygen atoms in total. The molecule has 0 N–H and O–H groups in total. The van der Waals surface area contributed by atoms with Crippen molar-refractivity contribution in [1.82, 2.24) is 20.2 Å². The van der Waals surface area contributed by atoms with Crippen LogP contribution < -0.4 is 4.90 Å². The number of nitrogens with zero attached hydrogens (tertiary/aromatic N) is 5. The molecular weight excluding hydrogens is 190 g/mol. The van der Waals surface area contributed by atoms with Crippen LogP contribution in [0.25, 0.3) is 0 Å². The molecule has 0 saturated carbocycles. The minimum absolute atomic E-state index is 0.796. The van der Waals surface area contributed by atoms with Crippen LogP contribution in [0.5, 0.6) is 0 Å². The molecule has 0 radical (unpaired) electrons. The van der Waals surface area contributed by atoms with Crippen molar-refractivity contribution in [2.24, 2.45) is 18.9 Å². The third-order valence-electron chi connectivity index (χ3n) is 3.36. The number of tetrazole rings is 1. The van der Waals surface area contributed by atoms with Crippen molar-refractivity contribution in [2.45, 2.75) is 26.7 Å². The van der Waals surface area contributed by atoms with E-state index in [0.29, 0.717) is 0 Å². The van der Waals surface area contributed by atoms with Crippen molar-refractivity contribution in [3.63, 3.8) is 0 Å². The molecule has 1 fully saturated rings. The van der Waals surface area contributed by atoms with Crippen LogP contribution in [-0.2, 0) is 7.05 Å². The lowest BCUT2D eigenvalue weighted by Crippen LogP contribution is -2.36.